The zero-order valence-electron chi connectivity index (χ0n) is 13.7. The van der Waals surface area contributed by atoms with Crippen LogP contribution in [0.3, 0.4) is 0 Å². The van der Waals surface area contributed by atoms with Crippen molar-refractivity contribution in [3.8, 4) is 0 Å². The molecular weight excluding hydrogens is 282 g/mol. The van der Waals surface area contributed by atoms with E-state index in [1.54, 1.807) is 13.4 Å². The van der Waals surface area contributed by atoms with Crippen molar-refractivity contribution in [3.63, 3.8) is 0 Å². The number of nitrogens with zero attached hydrogens (tertiary/aromatic N) is 4. The topological polar surface area (TPSA) is 76.3 Å². The monoisotopic (exact) mass is 305 g/mol. The molecule has 0 aliphatic carbocycles. The van der Waals surface area contributed by atoms with Crippen LogP contribution in [0.15, 0.2) is 22.8 Å². The highest BCUT2D eigenvalue weighted by Crippen LogP contribution is 2.21. The molecule has 1 N–H and O–H groups in total. The van der Waals surface area contributed by atoms with E-state index in [1.807, 2.05) is 31.1 Å². The number of nitrogens with one attached hydrogen (secondary N) is 1. The maximum absolute atomic E-state index is 5.45. The molecule has 2 aromatic heterocycles. The van der Waals surface area contributed by atoms with Gasteiger partial charge >= 0.3 is 0 Å². The van der Waals surface area contributed by atoms with Crippen LogP contribution in [0.1, 0.15) is 37.4 Å². The molecule has 1 unspecified atom stereocenters. The summed E-state index contributed by atoms with van der Waals surface area (Å²) < 4.78 is 10.7. The number of furan rings is 1. The van der Waals surface area contributed by atoms with Gasteiger partial charge in [-0.1, -0.05) is 13.8 Å². The quantitative estimate of drug-likeness (QED) is 0.842. The summed E-state index contributed by atoms with van der Waals surface area (Å²) in [6.07, 6.45) is 1.64. The van der Waals surface area contributed by atoms with Gasteiger partial charge in [0.2, 0.25) is 11.9 Å². The molecule has 0 saturated carbocycles. The summed E-state index contributed by atoms with van der Waals surface area (Å²) >= 11 is 0. The highest BCUT2D eigenvalue weighted by molar-refractivity contribution is 5.37. The van der Waals surface area contributed by atoms with E-state index in [-0.39, 0.29) is 12.0 Å². The van der Waals surface area contributed by atoms with Crippen LogP contribution < -0.4 is 10.2 Å². The first-order valence-corrected chi connectivity index (χ1v) is 7.23. The Hall–Kier alpha value is -2.15. The molecule has 0 spiro atoms. The molecule has 0 aromatic carbocycles. The summed E-state index contributed by atoms with van der Waals surface area (Å²) in [5, 5.41) is 3.27. The smallest absolute Gasteiger partial charge is 0.229 e. The van der Waals surface area contributed by atoms with Gasteiger partial charge in [-0.15, -0.1) is 0 Å². The molecule has 0 amide bonds. The molecule has 0 fully saturated rings. The molecule has 22 heavy (non-hydrogen) atoms. The first kappa shape index (κ1) is 16.2. The third-order valence-corrected chi connectivity index (χ3v) is 3.08. The summed E-state index contributed by atoms with van der Waals surface area (Å²) in [5.74, 6) is 2.88. The Balaban J connectivity index is 2.29. The van der Waals surface area contributed by atoms with Crippen molar-refractivity contribution in [2.24, 2.45) is 0 Å². The molecule has 120 valence electrons. The largest absolute Gasteiger partial charge is 0.467 e. The second-order valence-electron chi connectivity index (χ2n) is 5.53. The predicted molar refractivity (Wildman–Crippen MR) is 85.2 cm³/mol. The number of rotatable bonds is 7. The van der Waals surface area contributed by atoms with Crippen LogP contribution in [0.4, 0.5) is 11.9 Å². The fourth-order valence-electron chi connectivity index (χ4n) is 1.91. The molecule has 0 saturated heterocycles. The molecular formula is C15H23N5O2. The second kappa shape index (κ2) is 7.22. The van der Waals surface area contributed by atoms with Gasteiger partial charge in [0.25, 0.3) is 0 Å². The zero-order valence-corrected chi connectivity index (χ0v) is 13.7. The molecule has 0 radical (unpaired) electrons. The Labute approximate surface area is 130 Å². The van der Waals surface area contributed by atoms with Crippen molar-refractivity contribution in [1.29, 1.82) is 0 Å². The van der Waals surface area contributed by atoms with Gasteiger partial charge in [-0.3, -0.25) is 0 Å². The van der Waals surface area contributed by atoms with E-state index in [9.17, 15) is 0 Å². The van der Waals surface area contributed by atoms with Crippen LogP contribution in [0.25, 0.3) is 0 Å². The van der Waals surface area contributed by atoms with Crippen LogP contribution in [-0.2, 0) is 4.74 Å². The van der Waals surface area contributed by atoms with Crippen LogP contribution in [-0.4, -0.2) is 42.8 Å². The molecule has 7 heteroatoms. The minimum atomic E-state index is -0.155. The van der Waals surface area contributed by atoms with Gasteiger partial charge in [-0.25, -0.2) is 0 Å². The van der Waals surface area contributed by atoms with Gasteiger partial charge in [0.1, 0.15) is 17.6 Å². The Morgan fingerprint density at radius 3 is 2.59 bits per heavy atom. The Kier molecular flexibility index (Phi) is 5.32. The normalized spacial score (nSPS) is 12.5. The van der Waals surface area contributed by atoms with Crippen LogP contribution in [0, 0.1) is 0 Å². The maximum Gasteiger partial charge on any atom is 0.229 e. The molecule has 7 nitrogen and oxygen atoms in total. The van der Waals surface area contributed by atoms with Gasteiger partial charge < -0.3 is 19.4 Å². The van der Waals surface area contributed by atoms with E-state index < -0.39 is 0 Å². The lowest BCUT2D eigenvalue weighted by molar-refractivity contribution is 0.178. The average Bonchev–Trinajstić information content (AvgIpc) is 3.00. The lowest BCUT2D eigenvalue weighted by atomic mass is 10.2. The lowest BCUT2D eigenvalue weighted by Crippen LogP contribution is -2.21. The number of methoxy groups -OCH3 is 1. The third kappa shape index (κ3) is 3.94. The Bertz CT molecular complexity index is 557. The molecule has 1 atom stereocenters. The van der Waals surface area contributed by atoms with Crippen molar-refractivity contribution in [2.75, 3.05) is 38.0 Å². The van der Waals surface area contributed by atoms with Crippen molar-refractivity contribution >= 4 is 11.9 Å². The summed E-state index contributed by atoms with van der Waals surface area (Å²) in [5.41, 5.74) is 0. The standard InChI is InChI=1S/C15H23N5O2/c1-10(2)13-17-14(19-15(18-13)20(3)4)16-11(9-21-5)12-7-6-8-22-12/h6-8,10-11H,9H2,1-5H3,(H,16,17,18,19). The lowest BCUT2D eigenvalue weighted by Gasteiger charge is -2.18. The summed E-state index contributed by atoms with van der Waals surface area (Å²) in [6, 6.07) is 3.59. The molecule has 0 aliphatic rings. The van der Waals surface area contributed by atoms with Crippen molar-refractivity contribution in [2.45, 2.75) is 25.8 Å². The molecule has 0 aliphatic heterocycles. The van der Waals surface area contributed by atoms with Crippen LogP contribution >= 0.6 is 0 Å². The number of hydrogen-bond donors (Lipinski definition) is 1. The maximum atomic E-state index is 5.45. The number of aromatic nitrogens is 3. The summed E-state index contributed by atoms with van der Waals surface area (Å²) in [4.78, 5) is 15.2. The van der Waals surface area contributed by atoms with Crippen LogP contribution in [0.5, 0.6) is 0 Å². The first-order chi connectivity index (χ1) is 10.5. The number of hydrogen-bond acceptors (Lipinski definition) is 7. The van der Waals surface area contributed by atoms with Crippen molar-refractivity contribution in [1.82, 2.24) is 15.0 Å². The molecule has 0 bridgehead atoms. The SMILES string of the molecule is COCC(Nc1nc(C(C)C)nc(N(C)C)n1)c1ccco1. The highest BCUT2D eigenvalue weighted by atomic mass is 16.5. The van der Waals surface area contributed by atoms with E-state index >= 15 is 0 Å². The van der Waals surface area contributed by atoms with E-state index in [0.29, 0.717) is 18.5 Å². The Morgan fingerprint density at radius 2 is 2.05 bits per heavy atom. The summed E-state index contributed by atoms with van der Waals surface area (Å²) in [7, 11) is 5.46. The number of ether oxygens (including phenoxy) is 1. The van der Waals surface area contributed by atoms with Crippen molar-refractivity contribution < 1.29 is 9.15 Å². The van der Waals surface area contributed by atoms with E-state index in [4.69, 9.17) is 9.15 Å². The molecule has 2 aromatic rings. The summed E-state index contributed by atoms with van der Waals surface area (Å²) in [6.45, 7) is 4.56. The number of anilines is 2. The fourth-order valence-corrected chi connectivity index (χ4v) is 1.91. The average molecular weight is 305 g/mol. The third-order valence-electron chi connectivity index (χ3n) is 3.08. The van der Waals surface area contributed by atoms with E-state index in [0.717, 1.165) is 11.6 Å². The molecule has 2 rings (SSSR count). The van der Waals surface area contributed by atoms with Crippen molar-refractivity contribution in [3.05, 3.63) is 30.0 Å². The van der Waals surface area contributed by atoms with Gasteiger partial charge in [0.15, 0.2) is 0 Å². The minimum absolute atomic E-state index is 0.155. The van der Waals surface area contributed by atoms with Crippen LogP contribution in [0.2, 0.25) is 0 Å². The Morgan fingerprint density at radius 1 is 1.27 bits per heavy atom. The highest BCUT2D eigenvalue weighted by Gasteiger charge is 2.18. The van der Waals surface area contributed by atoms with Gasteiger partial charge in [0.05, 0.1) is 12.9 Å². The first-order valence-electron chi connectivity index (χ1n) is 7.23. The van der Waals surface area contributed by atoms with Gasteiger partial charge in [0, 0.05) is 27.1 Å². The van der Waals surface area contributed by atoms with E-state index in [2.05, 4.69) is 34.1 Å². The van der Waals surface area contributed by atoms with Gasteiger partial charge in [-0.05, 0) is 12.1 Å². The fraction of sp³-hybridized carbons (Fsp3) is 0.533. The second-order valence-corrected chi connectivity index (χ2v) is 5.53. The zero-order chi connectivity index (χ0) is 16.1. The van der Waals surface area contributed by atoms with Gasteiger partial charge in [-0.2, -0.15) is 15.0 Å². The predicted octanol–water partition coefficient (Wildman–Crippen LogP) is 2.45. The minimum Gasteiger partial charge on any atom is -0.467 e. The molecule has 2 heterocycles. The van der Waals surface area contributed by atoms with E-state index in [1.165, 1.54) is 0 Å².